The Bertz CT molecular complexity index is 890. The van der Waals surface area contributed by atoms with Crippen molar-refractivity contribution in [3.8, 4) is 11.1 Å². The van der Waals surface area contributed by atoms with Crippen LogP contribution in [0.1, 0.15) is 72.1 Å². The Balaban J connectivity index is 2.26. The summed E-state index contributed by atoms with van der Waals surface area (Å²) in [5.41, 5.74) is 9.79. The molecule has 28 heavy (non-hydrogen) atoms. The maximum absolute atomic E-state index is 2.49. The van der Waals surface area contributed by atoms with Gasteiger partial charge in [0.2, 0.25) is 0 Å². The Kier molecular flexibility index (Phi) is 5.49. The molecule has 0 atom stereocenters. The third-order valence-corrected chi connectivity index (χ3v) is 6.92. The molecule has 0 N–H and O–H groups in total. The average molecular weight is 394 g/mol. The van der Waals surface area contributed by atoms with Gasteiger partial charge in [0.05, 0.1) is 11.6 Å². The van der Waals surface area contributed by atoms with Crippen molar-refractivity contribution in [2.24, 2.45) is 0 Å². The second-order valence-corrected chi connectivity index (χ2v) is 11.3. The maximum atomic E-state index is 2.49. The molecule has 1 aliphatic heterocycles. The number of para-hydroxylation sites is 1. The number of hydrogen-bond donors (Lipinski definition) is 0. The van der Waals surface area contributed by atoms with Gasteiger partial charge in [0, 0.05) is 16.2 Å². The first-order chi connectivity index (χ1) is 12.9. The number of thioether (sulfide) groups is 1. The fourth-order valence-electron chi connectivity index (χ4n) is 3.68. The SMILES string of the molecule is CC1=C(C)N(c2c(C)cccc2-c2cc(C(C)(C)C)cc(C(C)(C)C)c2)CS1. The molecule has 0 radical (unpaired) electrons. The van der Waals surface area contributed by atoms with Gasteiger partial charge in [-0.15, -0.1) is 11.8 Å². The van der Waals surface area contributed by atoms with Gasteiger partial charge in [-0.3, -0.25) is 0 Å². The van der Waals surface area contributed by atoms with Crippen LogP contribution < -0.4 is 4.90 Å². The lowest BCUT2D eigenvalue weighted by molar-refractivity contribution is 0.569. The van der Waals surface area contributed by atoms with E-state index in [9.17, 15) is 0 Å². The highest BCUT2D eigenvalue weighted by molar-refractivity contribution is 8.03. The highest BCUT2D eigenvalue weighted by Gasteiger charge is 2.25. The fourth-order valence-corrected chi connectivity index (χ4v) is 4.65. The number of hydrogen-bond acceptors (Lipinski definition) is 2. The first-order valence-corrected chi connectivity index (χ1v) is 11.2. The summed E-state index contributed by atoms with van der Waals surface area (Å²) in [5.74, 6) is 1.00. The predicted molar refractivity (Wildman–Crippen MR) is 127 cm³/mol. The minimum absolute atomic E-state index is 0.121. The molecule has 3 rings (SSSR count). The summed E-state index contributed by atoms with van der Waals surface area (Å²) in [6.07, 6.45) is 0. The lowest BCUT2D eigenvalue weighted by Gasteiger charge is -2.29. The lowest BCUT2D eigenvalue weighted by atomic mass is 9.78. The molecule has 0 saturated heterocycles. The van der Waals surface area contributed by atoms with Crippen molar-refractivity contribution in [2.45, 2.75) is 73.1 Å². The second-order valence-electron chi connectivity index (χ2n) is 10.1. The number of aryl methyl sites for hydroxylation is 1. The van der Waals surface area contributed by atoms with E-state index in [1.165, 1.54) is 44.1 Å². The van der Waals surface area contributed by atoms with Crippen molar-refractivity contribution in [3.05, 3.63) is 63.7 Å². The second kappa shape index (κ2) is 7.30. The van der Waals surface area contributed by atoms with Crippen molar-refractivity contribution in [1.82, 2.24) is 0 Å². The highest BCUT2D eigenvalue weighted by atomic mass is 32.2. The number of benzene rings is 2. The molecule has 0 aromatic heterocycles. The van der Waals surface area contributed by atoms with Crippen molar-refractivity contribution in [3.63, 3.8) is 0 Å². The van der Waals surface area contributed by atoms with Crippen LogP contribution in [0.25, 0.3) is 11.1 Å². The van der Waals surface area contributed by atoms with Gasteiger partial charge in [0.1, 0.15) is 0 Å². The maximum Gasteiger partial charge on any atom is 0.0729 e. The van der Waals surface area contributed by atoms with E-state index in [2.05, 4.69) is 104 Å². The van der Waals surface area contributed by atoms with Gasteiger partial charge in [0.15, 0.2) is 0 Å². The van der Waals surface area contributed by atoms with Crippen LogP contribution in [0.5, 0.6) is 0 Å². The Morgan fingerprint density at radius 2 is 1.39 bits per heavy atom. The summed E-state index contributed by atoms with van der Waals surface area (Å²) in [6.45, 7) is 20.6. The number of anilines is 1. The minimum atomic E-state index is 0.121. The molecule has 1 heterocycles. The third kappa shape index (κ3) is 4.03. The van der Waals surface area contributed by atoms with Crippen LogP contribution >= 0.6 is 11.8 Å². The van der Waals surface area contributed by atoms with E-state index in [0.717, 1.165) is 5.88 Å². The smallest absolute Gasteiger partial charge is 0.0729 e. The van der Waals surface area contributed by atoms with E-state index in [0.29, 0.717) is 0 Å². The normalized spacial score (nSPS) is 15.5. The highest BCUT2D eigenvalue weighted by Crippen LogP contribution is 2.43. The standard InChI is InChI=1S/C26H35NS/c1-17-11-10-12-23(24(17)27-16-28-19(3)18(27)2)20-13-21(25(4,5)6)15-22(14-20)26(7,8)9/h10-15H,16H2,1-9H3. The topological polar surface area (TPSA) is 3.24 Å². The number of nitrogens with zero attached hydrogens (tertiary/aromatic N) is 1. The van der Waals surface area contributed by atoms with Crippen LogP contribution in [0.4, 0.5) is 5.69 Å². The molecular weight excluding hydrogens is 358 g/mol. The fraction of sp³-hybridized carbons (Fsp3) is 0.462. The molecule has 0 saturated carbocycles. The quantitative estimate of drug-likeness (QED) is 0.508. The average Bonchev–Trinajstić information content (AvgIpc) is 2.92. The first-order valence-electron chi connectivity index (χ1n) is 10.2. The van der Waals surface area contributed by atoms with Gasteiger partial charge in [-0.1, -0.05) is 77.9 Å². The monoisotopic (exact) mass is 393 g/mol. The third-order valence-electron chi connectivity index (χ3n) is 5.81. The van der Waals surface area contributed by atoms with Gasteiger partial charge in [-0.25, -0.2) is 0 Å². The summed E-state index contributed by atoms with van der Waals surface area (Å²) in [6, 6.07) is 13.9. The largest absolute Gasteiger partial charge is 0.334 e. The molecule has 150 valence electrons. The van der Waals surface area contributed by atoms with Crippen molar-refractivity contribution in [2.75, 3.05) is 10.8 Å². The van der Waals surface area contributed by atoms with Crippen LogP contribution in [-0.4, -0.2) is 5.88 Å². The molecule has 0 aliphatic carbocycles. The lowest BCUT2D eigenvalue weighted by Crippen LogP contribution is -2.19. The van der Waals surface area contributed by atoms with E-state index < -0.39 is 0 Å². The Hall–Kier alpha value is -1.67. The van der Waals surface area contributed by atoms with E-state index in [1.54, 1.807) is 0 Å². The molecule has 0 unspecified atom stereocenters. The first kappa shape index (κ1) is 21.0. The summed E-state index contributed by atoms with van der Waals surface area (Å²) in [7, 11) is 0. The van der Waals surface area contributed by atoms with Crippen LogP contribution in [0, 0.1) is 6.92 Å². The van der Waals surface area contributed by atoms with Gasteiger partial charge in [0.25, 0.3) is 0 Å². The van der Waals surface area contributed by atoms with E-state index in [-0.39, 0.29) is 10.8 Å². The van der Waals surface area contributed by atoms with E-state index >= 15 is 0 Å². The number of rotatable bonds is 2. The van der Waals surface area contributed by atoms with Crippen molar-refractivity contribution >= 4 is 17.4 Å². The molecule has 1 aliphatic rings. The Morgan fingerprint density at radius 3 is 1.86 bits per heavy atom. The van der Waals surface area contributed by atoms with Gasteiger partial charge >= 0.3 is 0 Å². The molecule has 0 spiro atoms. The predicted octanol–water partition coefficient (Wildman–Crippen LogP) is 8.02. The zero-order valence-electron chi connectivity index (χ0n) is 19.0. The van der Waals surface area contributed by atoms with Crippen LogP contribution in [-0.2, 0) is 10.8 Å². The molecule has 2 aromatic carbocycles. The van der Waals surface area contributed by atoms with Crippen LogP contribution in [0.2, 0.25) is 0 Å². The van der Waals surface area contributed by atoms with Gasteiger partial charge in [-0.2, -0.15) is 0 Å². The molecule has 0 fully saturated rings. The van der Waals surface area contributed by atoms with Crippen LogP contribution in [0.15, 0.2) is 47.0 Å². The summed E-state index contributed by atoms with van der Waals surface area (Å²) < 4.78 is 0. The Morgan fingerprint density at radius 1 is 0.821 bits per heavy atom. The van der Waals surface area contributed by atoms with E-state index in [4.69, 9.17) is 0 Å². The van der Waals surface area contributed by atoms with Crippen LogP contribution in [0.3, 0.4) is 0 Å². The number of allylic oxidation sites excluding steroid dienone is 2. The van der Waals surface area contributed by atoms with Gasteiger partial charge < -0.3 is 4.90 Å². The minimum Gasteiger partial charge on any atom is -0.334 e. The summed E-state index contributed by atoms with van der Waals surface area (Å²) >= 11 is 1.94. The zero-order chi connectivity index (χ0) is 20.9. The zero-order valence-corrected chi connectivity index (χ0v) is 19.8. The molecule has 1 nitrogen and oxygen atoms in total. The molecular formula is C26H35NS. The Labute approximate surface area is 176 Å². The summed E-state index contributed by atoms with van der Waals surface area (Å²) in [4.78, 5) is 3.92. The summed E-state index contributed by atoms with van der Waals surface area (Å²) in [5, 5.41) is 0. The molecule has 0 bridgehead atoms. The van der Waals surface area contributed by atoms with Gasteiger partial charge in [-0.05, 0) is 53.9 Å². The molecule has 2 aromatic rings. The van der Waals surface area contributed by atoms with Crippen molar-refractivity contribution < 1.29 is 0 Å². The molecule has 2 heteroatoms. The van der Waals surface area contributed by atoms with Crippen molar-refractivity contribution in [1.29, 1.82) is 0 Å². The molecule has 0 amide bonds. The van der Waals surface area contributed by atoms with E-state index in [1.807, 2.05) is 11.8 Å².